The maximum atomic E-state index is 10.8. The Bertz CT molecular complexity index is 770. The Morgan fingerprint density at radius 1 is 0.778 bits per heavy atom. The average molecular weight is 396 g/mol. The van der Waals surface area contributed by atoms with Gasteiger partial charge < -0.3 is 32.8 Å². The third-order valence-corrected chi connectivity index (χ3v) is 4.97. The lowest BCUT2D eigenvalue weighted by molar-refractivity contribution is -0.0000104. The van der Waals surface area contributed by atoms with Gasteiger partial charge in [-0.25, -0.2) is 0 Å². The summed E-state index contributed by atoms with van der Waals surface area (Å²) < 4.78 is 0.198. The van der Waals surface area contributed by atoms with E-state index in [1.54, 1.807) is 38.1 Å². The first-order valence-electron chi connectivity index (χ1n) is 8.86. The van der Waals surface area contributed by atoms with Crippen LogP contribution in [0.5, 0.6) is 23.0 Å². The van der Waals surface area contributed by atoms with Crippen molar-refractivity contribution >= 4 is 11.4 Å². The number of phenolic OH excluding ortho intramolecular Hbond substituents is 4. The van der Waals surface area contributed by atoms with E-state index in [0.29, 0.717) is 35.6 Å². The van der Waals surface area contributed by atoms with E-state index >= 15 is 0 Å². The lowest BCUT2D eigenvalue weighted by atomic mass is 9.92. The predicted octanol–water partition coefficient (Wildman–Crippen LogP) is 1.83. The smallest absolute Gasteiger partial charge is 0.184 e. The number of hydrogen-bond acceptors (Lipinski definition) is 4. The molecule has 4 N–H and O–H groups in total. The molecule has 6 heteroatoms. The lowest BCUT2D eigenvalue weighted by Gasteiger charge is -2.42. The molecule has 150 valence electrons. The zero-order valence-electron chi connectivity index (χ0n) is 16.8. The van der Waals surface area contributed by atoms with E-state index in [1.807, 2.05) is 6.92 Å². The van der Waals surface area contributed by atoms with Crippen molar-refractivity contribution in [3.05, 3.63) is 35.4 Å². The molecule has 0 saturated heterocycles. The van der Waals surface area contributed by atoms with Crippen LogP contribution in [-0.2, 0) is 0 Å². The molecule has 0 heterocycles. The molecule has 0 fully saturated rings. The number of nitrogens with zero attached hydrogens (tertiary/aromatic N) is 1. The molecule has 0 aliphatic carbocycles. The second-order valence-corrected chi connectivity index (χ2v) is 8.16. The number of phenols is 4. The number of halogens is 1. The first kappa shape index (κ1) is 22.9. The van der Waals surface area contributed by atoms with Crippen molar-refractivity contribution in [1.82, 2.24) is 4.48 Å². The van der Waals surface area contributed by atoms with Gasteiger partial charge in [0.15, 0.2) is 22.9 Å². The largest absolute Gasteiger partial charge is 1.00 e. The van der Waals surface area contributed by atoms with Crippen molar-refractivity contribution in [2.45, 2.75) is 41.5 Å². The van der Waals surface area contributed by atoms with Crippen molar-refractivity contribution in [3.8, 4) is 23.0 Å². The topological polar surface area (TPSA) is 80.9 Å². The third kappa shape index (κ3) is 4.09. The van der Waals surface area contributed by atoms with Gasteiger partial charge in [0.05, 0.1) is 13.1 Å². The molecule has 0 saturated carbocycles. The molecule has 0 aromatic heterocycles. The van der Waals surface area contributed by atoms with Crippen LogP contribution in [0.1, 0.15) is 38.8 Å². The minimum absolute atomic E-state index is 0. The second-order valence-electron chi connectivity index (χ2n) is 8.16. The van der Waals surface area contributed by atoms with E-state index < -0.39 is 0 Å². The first-order valence-corrected chi connectivity index (χ1v) is 8.86. The van der Waals surface area contributed by atoms with Gasteiger partial charge in [0.2, 0.25) is 0 Å². The monoisotopic (exact) mass is 395 g/mol. The molecule has 0 bridgehead atoms. The summed E-state index contributed by atoms with van der Waals surface area (Å²) in [5, 5.41) is 41.5. The molecule has 27 heavy (non-hydrogen) atoms. The van der Waals surface area contributed by atoms with Crippen LogP contribution < -0.4 is 16.9 Å². The van der Waals surface area contributed by atoms with Crippen molar-refractivity contribution in [2.75, 3.05) is 13.1 Å². The molecule has 2 aromatic rings. The average Bonchev–Trinajstić information content (AvgIpc) is 2.55. The van der Waals surface area contributed by atoms with Crippen LogP contribution in [-0.4, -0.2) is 33.5 Å². The Morgan fingerprint density at radius 3 is 1.44 bits per heavy atom. The molecule has 0 aliphatic rings. The Kier molecular flexibility index (Phi) is 6.68. The molecule has 2 aromatic carbocycles. The van der Waals surface area contributed by atoms with Crippen LogP contribution in [0.3, 0.4) is 0 Å². The second kappa shape index (κ2) is 7.87. The highest BCUT2D eigenvalue weighted by Crippen LogP contribution is 2.50. The third-order valence-electron chi connectivity index (χ3n) is 4.97. The number of quaternary nitrogens is 1. The molecule has 0 radical (unpaired) electrons. The summed E-state index contributed by atoms with van der Waals surface area (Å²) in [5.74, 6) is 0.0899. The zero-order valence-corrected chi connectivity index (χ0v) is 17.6. The molecular formula is C21H30ClNO4. The molecule has 2 rings (SSSR count). The summed E-state index contributed by atoms with van der Waals surface area (Å²) in [6.45, 7) is 12.8. The highest BCUT2D eigenvalue weighted by Gasteiger charge is 2.41. The predicted molar refractivity (Wildman–Crippen MR) is 105 cm³/mol. The number of rotatable bonds is 4. The van der Waals surface area contributed by atoms with Crippen molar-refractivity contribution in [2.24, 2.45) is 5.41 Å². The number of aromatic hydroxyl groups is 4. The first-order chi connectivity index (χ1) is 11.9. The Hall–Kier alpha value is -2.11. The van der Waals surface area contributed by atoms with Crippen molar-refractivity contribution in [3.63, 3.8) is 0 Å². The molecule has 0 amide bonds. The number of hydrogen-bond donors (Lipinski definition) is 4. The summed E-state index contributed by atoms with van der Waals surface area (Å²) in [6.07, 6.45) is 0. The standard InChI is InChI=1S/C21H29NO4.ClH/c1-7-22(12-21(4,5)6,15-8-10-17(23)13(2)19(15)25)16-9-11-18(24)14(3)20(16)26;/h8-11H,7,12H2,1-6H3,(H3-,23,24,25,26);1H. The Balaban J connectivity index is 0.00000364. The minimum atomic E-state index is -0.119. The van der Waals surface area contributed by atoms with E-state index in [1.165, 1.54) is 0 Å². The fraction of sp³-hybridized carbons (Fsp3) is 0.429. The van der Waals surface area contributed by atoms with Gasteiger partial charge >= 0.3 is 0 Å². The molecule has 0 atom stereocenters. The SMILES string of the molecule is CC[N+](CC(C)(C)C)(c1ccc(O)c(C)c1O)c1ccc(O)c(C)c1O.[Cl-]. The van der Waals surface area contributed by atoms with Crippen molar-refractivity contribution in [1.29, 1.82) is 0 Å². The normalized spacial score (nSPS) is 11.9. The van der Waals surface area contributed by atoms with Crippen LogP contribution in [0.15, 0.2) is 24.3 Å². The summed E-state index contributed by atoms with van der Waals surface area (Å²) in [6, 6.07) is 6.54. The minimum Gasteiger partial charge on any atom is -1.00 e. The quantitative estimate of drug-likeness (QED) is 0.595. The molecular weight excluding hydrogens is 366 g/mol. The highest BCUT2D eigenvalue weighted by atomic mass is 35.5. The molecule has 0 unspecified atom stereocenters. The summed E-state index contributed by atoms with van der Waals surface area (Å²) in [4.78, 5) is 0. The van der Waals surface area contributed by atoms with Crippen LogP contribution in [0.4, 0.5) is 11.4 Å². The van der Waals surface area contributed by atoms with Crippen LogP contribution in [0, 0.1) is 19.3 Å². The van der Waals surface area contributed by atoms with Gasteiger partial charge in [-0.15, -0.1) is 0 Å². The Labute approximate surface area is 167 Å². The fourth-order valence-corrected chi connectivity index (χ4v) is 3.60. The van der Waals surface area contributed by atoms with Crippen molar-refractivity contribution < 1.29 is 32.8 Å². The summed E-state index contributed by atoms with van der Waals surface area (Å²) >= 11 is 0. The van der Waals surface area contributed by atoms with Gasteiger partial charge in [-0.3, -0.25) is 4.48 Å². The van der Waals surface area contributed by atoms with E-state index in [-0.39, 0.29) is 45.3 Å². The van der Waals surface area contributed by atoms with Gasteiger partial charge in [-0.2, -0.15) is 0 Å². The van der Waals surface area contributed by atoms with Gasteiger partial charge in [-0.05, 0) is 32.9 Å². The molecule has 0 spiro atoms. The van der Waals surface area contributed by atoms with Crippen LogP contribution in [0.25, 0.3) is 0 Å². The number of benzene rings is 2. The lowest BCUT2D eigenvalue weighted by Crippen LogP contribution is -3.00. The summed E-state index contributed by atoms with van der Waals surface area (Å²) in [7, 11) is 0. The van der Waals surface area contributed by atoms with Gasteiger partial charge in [0.25, 0.3) is 0 Å². The van der Waals surface area contributed by atoms with Crippen LogP contribution >= 0.6 is 0 Å². The van der Waals surface area contributed by atoms with Gasteiger partial charge in [0.1, 0.15) is 11.5 Å². The van der Waals surface area contributed by atoms with E-state index in [9.17, 15) is 20.4 Å². The molecule has 0 aliphatic heterocycles. The fourth-order valence-electron chi connectivity index (χ4n) is 3.60. The highest BCUT2D eigenvalue weighted by molar-refractivity contribution is 5.73. The Morgan fingerprint density at radius 2 is 1.15 bits per heavy atom. The zero-order chi connectivity index (χ0) is 19.9. The molecule has 5 nitrogen and oxygen atoms in total. The maximum Gasteiger partial charge on any atom is 0.184 e. The van der Waals surface area contributed by atoms with Gasteiger partial charge in [-0.1, -0.05) is 20.8 Å². The summed E-state index contributed by atoms with van der Waals surface area (Å²) in [5.41, 5.74) is 1.91. The van der Waals surface area contributed by atoms with E-state index in [2.05, 4.69) is 20.8 Å². The maximum absolute atomic E-state index is 10.8. The van der Waals surface area contributed by atoms with E-state index in [0.717, 1.165) is 0 Å². The van der Waals surface area contributed by atoms with Gasteiger partial charge in [0, 0.05) is 28.7 Å². The van der Waals surface area contributed by atoms with Crippen LogP contribution in [0.2, 0.25) is 0 Å². The van der Waals surface area contributed by atoms with E-state index in [4.69, 9.17) is 0 Å².